The van der Waals surface area contributed by atoms with Gasteiger partial charge >= 0.3 is 439 Å². The van der Waals surface area contributed by atoms with Crippen molar-refractivity contribution < 1.29 is 57.7 Å². The van der Waals surface area contributed by atoms with Gasteiger partial charge < -0.3 is 37.2 Å². The summed E-state index contributed by atoms with van der Waals surface area (Å²) < 4.78 is 1.45. The van der Waals surface area contributed by atoms with E-state index in [1.165, 1.54) is 136 Å². The molecule has 0 heterocycles. The van der Waals surface area contributed by atoms with Crippen LogP contribution < -0.4 is 52.8 Å². The van der Waals surface area contributed by atoms with Crippen LogP contribution >= 0.6 is 0 Å². The van der Waals surface area contributed by atoms with Gasteiger partial charge in [-0.25, -0.2) is 0 Å². The van der Waals surface area contributed by atoms with Crippen molar-refractivity contribution in [3.63, 3.8) is 0 Å². The minimum atomic E-state index is -3.78. The third-order valence-electron chi connectivity index (χ3n) is 16.6. The maximum atomic E-state index is 2.68. The van der Waals surface area contributed by atoms with E-state index in [4.69, 9.17) is 0 Å². The molecular formula is C69H63Cl3SiTi. The molecule has 10 rings (SSSR count). The van der Waals surface area contributed by atoms with Crippen LogP contribution in [0, 0.1) is 41.5 Å². The van der Waals surface area contributed by atoms with Crippen LogP contribution in [0.3, 0.4) is 0 Å². The topological polar surface area (TPSA) is 0 Å². The summed E-state index contributed by atoms with van der Waals surface area (Å²) in [6, 6.07) is 76.0. The van der Waals surface area contributed by atoms with E-state index in [0.717, 1.165) is 0 Å². The first-order valence-corrected chi connectivity index (χ1v) is 28.0. The fourth-order valence-electron chi connectivity index (χ4n) is 12.4. The van der Waals surface area contributed by atoms with Crippen LogP contribution in [0.1, 0.15) is 61.1 Å². The fraction of sp³-hybridized carbons (Fsp3) is 0.159. The fourth-order valence-corrected chi connectivity index (χ4v) is 20.9. The standard InChI is InChI=1S/C69H63Si.3ClH.Ti/c1-45-41-60(66(57-35-23-14-24-36-57)63(50(45)6)54-29-17-11-18-30-54)70(69(10)44-48(4)49(5)53(69)9,61-42-46(2)51(7)64(55-31-19-12-20-32-55)67(61)58-37-25-15-26-38-58)62-43-47(3)52(8)65(56-33-21-13-22-34-56)68(62)59-39-27-16-28-40-59;;;;/h11-43H,1-10H3;3*1H;/q;;;;+3/p-3. The second kappa shape index (κ2) is 22.6. The van der Waals surface area contributed by atoms with Gasteiger partial charge in [-0.15, -0.1) is 0 Å². The van der Waals surface area contributed by atoms with E-state index in [2.05, 4.69) is 290 Å². The van der Waals surface area contributed by atoms with Crippen molar-refractivity contribution in [2.75, 3.05) is 0 Å². The van der Waals surface area contributed by atoms with Gasteiger partial charge in [-0.3, -0.25) is 0 Å². The zero-order chi connectivity index (χ0) is 49.8. The van der Waals surface area contributed by atoms with Crippen molar-refractivity contribution >= 4 is 23.6 Å². The van der Waals surface area contributed by atoms with E-state index >= 15 is 0 Å². The largest absolute Gasteiger partial charge is 1.00 e. The number of hydrogen-bond acceptors (Lipinski definition) is 0. The maximum Gasteiger partial charge on any atom is -1.00 e. The number of benzene rings is 9. The molecule has 5 heteroatoms. The maximum absolute atomic E-state index is 3.78. The summed E-state index contributed by atoms with van der Waals surface area (Å²) in [5, 5.41) is 3.83. The molecule has 0 spiro atoms. The number of rotatable bonds is 10. The normalized spacial score (nSPS) is 14.3. The molecule has 9 aromatic rings. The van der Waals surface area contributed by atoms with E-state index in [9.17, 15) is 0 Å². The summed E-state index contributed by atoms with van der Waals surface area (Å²) in [4.78, 5) is 0. The summed E-state index contributed by atoms with van der Waals surface area (Å²) in [6.07, 6.45) is 0. The van der Waals surface area contributed by atoms with Crippen LogP contribution in [0.4, 0.5) is 0 Å². The number of halogens is 3. The Morgan fingerprint density at radius 1 is 0.311 bits per heavy atom. The van der Waals surface area contributed by atoms with Crippen molar-refractivity contribution in [2.45, 2.75) is 74.3 Å². The number of hydrogen-bond donors (Lipinski definition) is 0. The Balaban J connectivity index is 0.00000267. The molecule has 0 N–H and O–H groups in total. The van der Waals surface area contributed by atoms with Gasteiger partial charge in [0.1, 0.15) is 0 Å². The molecule has 9 aromatic carbocycles. The van der Waals surface area contributed by atoms with Gasteiger partial charge in [-0.1, -0.05) is 0 Å². The van der Waals surface area contributed by atoms with Crippen molar-refractivity contribution in [3.8, 4) is 66.8 Å². The minimum Gasteiger partial charge on any atom is -1.00 e. The summed E-state index contributed by atoms with van der Waals surface area (Å²) in [5.41, 5.74) is 27.4. The average molecular weight is 1070 g/mol. The molecule has 1 unspecified atom stereocenters. The van der Waals surface area contributed by atoms with Crippen LogP contribution in [0.15, 0.2) is 221 Å². The first-order chi connectivity index (χ1) is 34.3. The first-order valence-electron chi connectivity index (χ1n) is 25.2. The van der Waals surface area contributed by atoms with Crippen molar-refractivity contribution in [1.82, 2.24) is 0 Å². The zero-order valence-electron chi connectivity index (χ0n) is 44.2. The molecule has 0 bridgehead atoms. The van der Waals surface area contributed by atoms with Gasteiger partial charge in [0.25, 0.3) is 0 Å². The predicted molar refractivity (Wildman–Crippen MR) is 304 cm³/mol. The van der Waals surface area contributed by atoms with Gasteiger partial charge in [-0.05, 0) is 0 Å². The van der Waals surface area contributed by atoms with Gasteiger partial charge in [0.2, 0.25) is 0 Å². The Morgan fingerprint density at radius 3 is 0.730 bits per heavy atom. The van der Waals surface area contributed by atoms with E-state index in [1.54, 1.807) is 0 Å². The number of aryl methyl sites for hydroxylation is 3. The van der Waals surface area contributed by atoms with Crippen LogP contribution in [-0.2, 0) is 20.4 Å². The molecule has 0 aromatic heterocycles. The van der Waals surface area contributed by atoms with Crippen LogP contribution in [0.5, 0.6) is 0 Å². The number of allylic oxidation sites excluding steroid dienone is 4. The van der Waals surface area contributed by atoms with Crippen molar-refractivity contribution in [2.24, 2.45) is 0 Å². The van der Waals surface area contributed by atoms with Gasteiger partial charge in [-0.2, -0.15) is 0 Å². The molecule has 0 aliphatic heterocycles. The smallest absolute Gasteiger partial charge is 1.00 e. The molecule has 0 amide bonds. The van der Waals surface area contributed by atoms with Gasteiger partial charge in [0, 0.05) is 0 Å². The molecule has 368 valence electrons. The summed E-state index contributed by atoms with van der Waals surface area (Å²) >= 11 is 2.49. The first kappa shape index (κ1) is 56.0. The third-order valence-corrected chi connectivity index (χ3v) is 24.1. The zero-order valence-corrected chi connectivity index (χ0v) is 49.0. The van der Waals surface area contributed by atoms with E-state index in [1.807, 2.05) is 0 Å². The summed E-state index contributed by atoms with van der Waals surface area (Å²) in [5.74, 6) is 0. The van der Waals surface area contributed by atoms with Gasteiger partial charge in [0.15, 0.2) is 0 Å². The molecule has 1 aliphatic rings. The van der Waals surface area contributed by atoms with Crippen LogP contribution in [0.25, 0.3) is 66.8 Å². The molecule has 1 atom stereocenters. The van der Waals surface area contributed by atoms with E-state index in [0.29, 0.717) is 0 Å². The van der Waals surface area contributed by atoms with Crippen molar-refractivity contribution in [1.29, 1.82) is 0 Å². The van der Waals surface area contributed by atoms with E-state index in [-0.39, 0.29) is 37.2 Å². The van der Waals surface area contributed by atoms with Gasteiger partial charge in [0.05, 0.1) is 0 Å². The molecule has 0 saturated heterocycles. The Morgan fingerprint density at radius 2 is 0.527 bits per heavy atom. The quantitative estimate of drug-likeness (QED) is 0.0965. The molecule has 0 saturated carbocycles. The SMILES string of the molecule is CC1=C(C)C(C)([Si](c2cc(C)c(C)c(-c3ccccc3)c2-c2ccccc2)(c2cc(C)c(C)c(-c3ccccc3)c2-c2ccccc2)c2cc(C)c(C)c(-c3ccccc3)c2-c2ccccc2)[C]([Ti+3])=C1C.[Cl-].[Cl-].[Cl-]. The van der Waals surface area contributed by atoms with E-state index < -0.39 is 13.1 Å². The Bertz CT molecular complexity index is 3190. The summed E-state index contributed by atoms with van der Waals surface area (Å²) in [7, 11) is -3.78. The second-order valence-corrected chi connectivity index (χ2v) is 25.1. The monoisotopic (exact) mass is 1070 g/mol. The summed E-state index contributed by atoms with van der Waals surface area (Å²) in [6.45, 7) is 24.2. The third kappa shape index (κ3) is 8.98. The van der Waals surface area contributed by atoms with Crippen LogP contribution in [-0.4, -0.2) is 8.07 Å². The Kier molecular flexibility index (Phi) is 17.1. The Labute approximate surface area is 472 Å². The average Bonchev–Trinajstić information content (AvgIpc) is 3.55. The predicted octanol–water partition coefficient (Wildman–Crippen LogP) is 7.95. The molecule has 0 nitrogen and oxygen atoms in total. The molecule has 1 aliphatic carbocycles. The molecule has 74 heavy (non-hydrogen) atoms. The Hall–Kier alpha value is -5.74. The second-order valence-electron chi connectivity index (χ2n) is 20.2. The molecule has 0 radical (unpaired) electrons. The molecule has 0 fully saturated rings. The minimum absolute atomic E-state index is 0. The van der Waals surface area contributed by atoms with Crippen molar-refractivity contribution in [3.05, 3.63) is 254 Å². The molecular weight excluding hydrogens is 1010 g/mol. The van der Waals surface area contributed by atoms with Crippen LogP contribution in [0.2, 0.25) is 5.04 Å².